The number of nitrogens with one attached hydrogen (secondary N) is 2. The second-order valence-electron chi connectivity index (χ2n) is 8.38. The number of hydrogen-bond acceptors (Lipinski definition) is 5. The van der Waals surface area contributed by atoms with Crippen LogP contribution in [0.25, 0.3) is 10.9 Å². The fourth-order valence-electron chi connectivity index (χ4n) is 4.37. The number of methoxy groups -OCH3 is 1. The standard InChI is InChI=1S/C23H32N4O4/c1-30-19-3-2-18-15-21(25-20(18)16-19)23(29)27-7-4-17(5-8-27)14-22(28)24-6-9-26-10-12-31-13-11-26/h2-3,15-17,25H,4-14H2,1H3,(H,24,28). The second kappa shape index (κ2) is 10.2. The Morgan fingerprint density at radius 3 is 2.68 bits per heavy atom. The summed E-state index contributed by atoms with van der Waals surface area (Å²) in [5.41, 5.74) is 1.49. The molecular weight excluding hydrogens is 396 g/mol. The van der Waals surface area contributed by atoms with Crippen molar-refractivity contribution in [3.05, 3.63) is 30.0 Å². The summed E-state index contributed by atoms with van der Waals surface area (Å²) in [7, 11) is 1.63. The normalized spacial score (nSPS) is 18.3. The number of aromatic amines is 1. The molecule has 31 heavy (non-hydrogen) atoms. The third-order valence-corrected chi connectivity index (χ3v) is 6.29. The summed E-state index contributed by atoms with van der Waals surface area (Å²) >= 11 is 0. The summed E-state index contributed by atoms with van der Waals surface area (Å²) in [5, 5.41) is 4.04. The molecule has 0 unspecified atom stereocenters. The molecule has 2 saturated heterocycles. The first-order chi connectivity index (χ1) is 15.1. The summed E-state index contributed by atoms with van der Waals surface area (Å²) in [6.07, 6.45) is 2.25. The van der Waals surface area contributed by atoms with Crippen LogP contribution >= 0.6 is 0 Å². The zero-order valence-electron chi connectivity index (χ0n) is 18.2. The van der Waals surface area contributed by atoms with Crippen molar-refractivity contribution in [1.29, 1.82) is 0 Å². The molecule has 0 spiro atoms. The predicted molar refractivity (Wildman–Crippen MR) is 118 cm³/mol. The van der Waals surface area contributed by atoms with Gasteiger partial charge in [-0.05, 0) is 37.0 Å². The van der Waals surface area contributed by atoms with E-state index in [0.717, 1.165) is 62.3 Å². The van der Waals surface area contributed by atoms with Gasteiger partial charge in [-0.2, -0.15) is 0 Å². The Kier molecular flexibility index (Phi) is 7.09. The summed E-state index contributed by atoms with van der Waals surface area (Å²) in [6.45, 7) is 6.35. The lowest BCUT2D eigenvalue weighted by molar-refractivity contribution is -0.122. The van der Waals surface area contributed by atoms with Crippen LogP contribution in [0.4, 0.5) is 0 Å². The van der Waals surface area contributed by atoms with Crippen molar-refractivity contribution in [2.24, 2.45) is 5.92 Å². The highest BCUT2D eigenvalue weighted by molar-refractivity contribution is 5.98. The first-order valence-corrected chi connectivity index (χ1v) is 11.1. The molecule has 2 fully saturated rings. The Balaban J connectivity index is 1.21. The van der Waals surface area contributed by atoms with Crippen LogP contribution in [-0.4, -0.2) is 86.2 Å². The lowest BCUT2D eigenvalue weighted by Gasteiger charge is -2.31. The fraction of sp³-hybridized carbons (Fsp3) is 0.565. The van der Waals surface area contributed by atoms with Gasteiger partial charge in [-0.25, -0.2) is 0 Å². The van der Waals surface area contributed by atoms with E-state index in [2.05, 4.69) is 15.2 Å². The smallest absolute Gasteiger partial charge is 0.270 e. The lowest BCUT2D eigenvalue weighted by Crippen LogP contribution is -2.42. The number of nitrogens with zero attached hydrogens (tertiary/aromatic N) is 2. The Labute approximate surface area is 182 Å². The number of aromatic nitrogens is 1. The van der Waals surface area contributed by atoms with Crippen molar-refractivity contribution >= 4 is 22.7 Å². The number of ether oxygens (including phenoxy) is 2. The van der Waals surface area contributed by atoms with Gasteiger partial charge in [0.1, 0.15) is 11.4 Å². The van der Waals surface area contributed by atoms with E-state index < -0.39 is 0 Å². The average Bonchev–Trinajstić information content (AvgIpc) is 3.23. The number of H-pyrrole nitrogens is 1. The second-order valence-corrected chi connectivity index (χ2v) is 8.38. The van der Waals surface area contributed by atoms with Crippen molar-refractivity contribution in [2.75, 3.05) is 59.6 Å². The van der Waals surface area contributed by atoms with Gasteiger partial charge in [0, 0.05) is 62.7 Å². The van der Waals surface area contributed by atoms with Crippen molar-refractivity contribution in [1.82, 2.24) is 20.1 Å². The van der Waals surface area contributed by atoms with Crippen molar-refractivity contribution in [3.8, 4) is 5.75 Å². The Hall–Kier alpha value is -2.58. The van der Waals surface area contributed by atoms with E-state index in [0.29, 0.717) is 37.7 Å². The Morgan fingerprint density at radius 1 is 1.16 bits per heavy atom. The minimum absolute atomic E-state index is 0.0172. The number of likely N-dealkylation sites (tertiary alicyclic amines) is 1. The molecule has 8 nitrogen and oxygen atoms in total. The zero-order chi connectivity index (χ0) is 21.6. The molecule has 168 valence electrons. The minimum atomic E-state index is 0.0172. The Bertz CT molecular complexity index is 898. The van der Waals surface area contributed by atoms with Crippen LogP contribution in [0.15, 0.2) is 24.3 Å². The van der Waals surface area contributed by atoms with Gasteiger partial charge in [0.05, 0.1) is 20.3 Å². The number of carbonyl (C=O) groups is 2. The quantitative estimate of drug-likeness (QED) is 0.703. The maximum absolute atomic E-state index is 12.9. The average molecular weight is 429 g/mol. The fourth-order valence-corrected chi connectivity index (χ4v) is 4.37. The number of rotatable bonds is 7. The van der Waals surface area contributed by atoms with Crippen LogP contribution in [0.2, 0.25) is 0 Å². The molecule has 0 atom stereocenters. The highest BCUT2D eigenvalue weighted by atomic mass is 16.5. The monoisotopic (exact) mass is 428 g/mol. The molecule has 0 aliphatic carbocycles. The van der Waals surface area contributed by atoms with E-state index >= 15 is 0 Å². The largest absolute Gasteiger partial charge is 0.497 e. The molecule has 2 aliphatic rings. The summed E-state index contributed by atoms with van der Waals surface area (Å²) in [6, 6.07) is 7.63. The topological polar surface area (TPSA) is 86.9 Å². The lowest BCUT2D eigenvalue weighted by atomic mass is 9.93. The number of carbonyl (C=O) groups excluding carboxylic acids is 2. The van der Waals surface area contributed by atoms with Crippen LogP contribution in [0.5, 0.6) is 5.75 Å². The van der Waals surface area contributed by atoms with Gasteiger partial charge >= 0.3 is 0 Å². The van der Waals surface area contributed by atoms with Crippen LogP contribution < -0.4 is 10.1 Å². The molecule has 1 aromatic heterocycles. The number of hydrogen-bond donors (Lipinski definition) is 2. The van der Waals surface area contributed by atoms with Gasteiger partial charge in [0.2, 0.25) is 5.91 Å². The molecule has 4 rings (SSSR count). The molecule has 2 amide bonds. The number of amides is 2. The van der Waals surface area contributed by atoms with Crippen LogP contribution in [0.3, 0.4) is 0 Å². The van der Waals surface area contributed by atoms with Gasteiger partial charge in [0.15, 0.2) is 0 Å². The van der Waals surface area contributed by atoms with Gasteiger partial charge in [-0.15, -0.1) is 0 Å². The van der Waals surface area contributed by atoms with Gasteiger partial charge < -0.3 is 24.7 Å². The Morgan fingerprint density at radius 2 is 1.94 bits per heavy atom. The van der Waals surface area contributed by atoms with Gasteiger partial charge in [-0.3, -0.25) is 14.5 Å². The van der Waals surface area contributed by atoms with Crippen molar-refractivity contribution in [2.45, 2.75) is 19.3 Å². The molecule has 2 aliphatic heterocycles. The number of morpholine rings is 1. The van der Waals surface area contributed by atoms with Crippen molar-refractivity contribution < 1.29 is 19.1 Å². The molecule has 0 saturated carbocycles. The molecule has 8 heteroatoms. The molecule has 0 radical (unpaired) electrons. The summed E-state index contributed by atoms with van der Waals surface area (Å²) in [4.78, 5) is 32.6. The van der Waals surface area contributed by atoms with E-state index in [1.165, 1.54) is 0 Å². The number of benzene rings is 1. The first-order valence-electron chi connectivity index (χ1n) is 11.1. The highest BCUT2D eigenvalue weighted by Crippen LogP contribution is 2.25. The summed E-state index contributed by atoms with van der Waals surface area (Å²) < 4.78 is 10.6. The third-order valence-electron chi connectivity index (χ3n) is 6.29. The van der Waals surface area contributed by atoms with Crippen molar-refractivity contribution in [3.63, 3.8) is 0 Å². The molecular formula is C23H32N4O4. The van der Waals surface area contributed by atoms with Gasteiger partial charge in [0.25, 0.3) is 5.91 Å². The number of fused-ring (bicyclic) bond motifs is 1. The van der Waals surface area contributed by atoms with E-state index in [1.54, 1.807) is 7.11 Å². The molecule has 2 aromatic rings. The van der Waals surface area contributed by atoms with Crippen LogP contribution in [0.1, 0.15) is 29.8 Å². The van der Waals surface area contributed by atoms with E-state index in [4.69, 9.17) is 9.47 Å². The van der Waals surface area contributed by atoms with E-state index in [-0.39, 0.29) is 11.8 Å². The SMILES string of the molecule is COc1ccc2cc(C(=O)N3CCC(CC(=O)NCCN4CCOCC4)CC3)[nH]c2c1. The highest BCUT2D eigenvalue weighted by Gasteiger charge is 2.26. The predicted octanol–water partition coefficient (Wildman–Crippen LogP) is 1.87. The zero-order valence-corrected chi connectivity index (χ0v) is 18.2. The molecule has 3 heterocycles. The third kappa shape index (κ3) is 5.57. The molecule has 2 N–H and O–H groups in total. The molecule has 1 aromatic carbocycles. The van der Waals surface area contributed by atoms with E-state index in [9.17, 15) is 9.59 Å². The van der Waals surface area contributed by atoms with Crippen LogP contribution in [0, 0.1) is 5.92 Å². The minimum Gasteiger partial charge on any atom is -0.497 e. The molecule has 0 bridgehead atoms. The van der Waals surface area contributed by atoms with E-state index in [1.807, 2.05) is 29.2 Å². The van der Waals surface area contributed by atoms with Crippen LogP contribution in [-0.2, 0) is 9.53 Å². The summed E-state index contributed by atoms with van der Waals surface area (Å²) in [5.74, 6) is 1.22. The first kappa shape index (κ1) is 21.6. The maximum atomic E-state index is 12.9. The maximum Gasteiger partial charge on any atom is 0.270 e. The number of piperidine rings is 1. The van der Waals surface area contributed by atoms with Gasteiger partial charge in [-0.1, -0.05) is 0 Å².